The SMILES string of the molecule is CCOC(=O)C(Oc1nc(-c2ccccc2)cc(-c2ccccc2)c1C#N)c1ccccc1. The third-order valence-corrected chi connectivity index (χ3v) is 5.08. The van der Waals surface area contributed by atoms with Crippen LogP contribution in [-0.2, 0) is 9.53 Å². The molecule has 0 bridgehead atoms. The van der Waals surface area contributed by atoms with E-state index in [9.17, 15) is 10.1 Å². The fourth-order valence-electron chi connectivity index (χ4n) is 3.53. The van der Waals surface area contributed by atoms with Crippen molar-refractivity contribution in [2.24, 2.45) is 0 Å². The zero-order valence-corrected chi connectivity index (χ0v) is 18.1. The Hall–Kier alpha value is -4.43. The Labute approximate surface area is 192 Å². The first-order valence-electron chi connectivity index (χ1n) is 10.7. The van der Waals surface area contributed by atoms with E-state index in [-0.39, 0.29) is 18.1 Å². The summed E-state index contributed by atoms with van der Waals surface area (Å²) in [5.74, 6) is -0.458. The van der Waals surface area contributed by atoms with E-state index in [1.165, 1.54) is 0 Å². The summed E-state index contributed by atoms with van der Waals surface area (Å²) in [6.45, 7) is 1.95. The van der Waals surface area contributed by atoms with Crippen molar-refractivity contribution in [1.29, 1.82) is 5.26 Å². The molecule has 5 nitrogen and oxygen atoms in total. The van der Waals surface area contributed by atoms with Crippen molar-refractivity contribution in [1.82, 2.24) is 4.98 Å². The molecule has 0 N–H and O–H groups in total. The molecule has 0 aliphatic rings. The number of benzene rings is 3. The number of ether oxygens (including phenoxy) is 2. The van der Waals surface area contributed by atoms with Gasteiger partial charge >= 0.3 is 5.97 Å². The Balaban J connectivity index is 1.89. The molecule has 0 aliphatic heterocycles. The summed E-state index contributed by atoms with van der Waals surface area (Å²) in [7, 11) is 0. The highest BCUT2D eigenvalue weighted by molar-refractivity contribution is 5.79. The number of esters is 1. The Morgan fingerprint density at radius 1 is 0.909 bits per heavy atom. The van der Waals surface area contributed by atoms with Gasteiger partial charge in [-0.25, -0.2) is 9.78 Å². The van der Waals surface area contributed by atoms with Gasteiger partial charge in [-0.15, -0.1) is 0 Å². The van der Waals surface area contributed by atoms with Gasteiger partial charge in [-0.1, -0.05) is 91.0 Å². The van der Waals surface area contributed by atoms with Crippen LogP contribution in [0.5, 0.6) is 5.88 Å². The second-order valence-electron chi connectivity index (χ2n) is 7.24. The Bertz CT molecular complexity index is 1270. The molecule has 0 spiro atoms. The van der Waals surface area contributed by atoms with Gasteiger partial charge in [-0.2, -0.15) is 5.26 Å². The quantitative estimate of drug-likeness (QED) is 0.335. The first-order chi connectivity index (χ1) is 16.2. The van der Waals surface area contributed by atoms with Crippen molar-refractivity contribution in [3.63, 3.8) is 0 Å². The molecule has 5 heteroatoms. The van der Waals surface area contributed by atoms with Crippen molar-refractivity contribution in [2.75, 3.05) is 6.61 Å². The lowest BCUT2D eigenvalue weighted by Gasteiger charge is -2.20. The summed E-state index contributed by atoms with van der Waals surface area (Å²) in [6, 6.07) is 32.4. The molecule has 4 aromatic rings. The van der Waals surface area contributed by atoms with Crippen LogP contribution in [0.2, 0.25) is 0 Å². The normalized spacial score (nSPS) is 11.3. The van der Waals surface area contributed by atoms with Gasteiger partial charge in [0.05, 0.1) is 12.3 Å². The predicted molar refractivity (Wildman–Crippen MR) is 126 cm³/mol. The van der Waals surface area contributed by atoms with Crippen molar-refractivity contribution in [3.05, 3.63) is 108 Å². The van der Waals surface area contributed by atoms with E-state index >= 15 is 0 Å². The average molecular weight is 434 g/mol. The van der Waals surface area contributed by atoms with Crippen molar-refractivity contribution in [2.45, 2.75) is 13.0 Å². The minimum atomic E-state index is -1.06. The molecule has 0 saturated carbocycles. The molecule has 4 rings (SSSR count). The van der Waals surface area contributed by atoms with E-state index in [2.05, 4.69) is 11.1 Å². The Morgan fingerprint density at radius 2 is 1.48 bits per heavy atom. The fourth-order valence-corrected chi connectivity index (χ4v) is 3.53. The number of hydrogen-bond acceptors (Lipinski definition) is 5. The molecule has 33 heavy (non-hydrogen) atoms. The van der Waals surface area contributed by atoms with Gasteiger partial charge in [0.15, 0.2) is 0 Å². The lowest BCUT2D eigenvalue weighted by Crippen LogP contribution is -2.22. The van der Waals surface area contributed by atoms with Crippen LogP contribution < -0.4 is 4.74 Å². The van der Waals surface area contributed by atoms with Crippen molar-refractivity contribution < 1.29 is 14.3 Å². The van der Waals surface area contributed by atoms with E-state index in [4.69, 9.17) is 9.47 Å². The highest BCUT2D eigenvalue weighted by Crippen LogP contribution is 2.35. The van der Waals surface area contributed by atoms with Crippen LogP contribution in [0, 0.1) is 11.3 Å². The second kappa shape index (κ2) is 10.3. The van der Waals surface area contributed by atoms with Gasteiger partial charge in [0, 0.05) is 16.7 Å². The predicted octanol–water partition coefficient (Wildman–Crippen LogP) is 5.97. The van der Waals surface area contributed by atoms with E-state index in [0.29, 0.717) is 16.8 Å². The summed E-state index contributed by atoms with van der Waals surface area (Å²) in [6.07, 6.45) is -1.06. The average Bonchev–Trinajstić information content (AvgIpc) is 2.88. The number of carbonyl (C=O) groups excluding carboxylic acids is 1. The zero-order valence-electron chi connectivity index (χ0n) is 18.1. The fraction of sp³-hybridized carbons (Fsp3) is 0.107. The minimum Gasteiger partial charge on any atom is -0.463 e. The largest absolute Gasteiger partial charge is 0.463 e. The molecule has 0 amide bonds. The van der Waals surface area contributed by atoms with Crippen LogP contribution in [0.3, 0.4) is 0 Å². The molecular weight excluding hydrogens is 412 g/mol. The standard InChI is InChI=1S/C28H22N2O3/c1-2-32-28(31)26(22-16-10-5-11-17-22)33-27-24(19-29)23(20-12-6-3-7-13-20)18-25(30-27)21-14-8-4-9-15-21/h3-18,26H,2H2,1H3. The molecule has 0 radical (unpaired) electrons. The molecule has 162 valence electrons. The number of hydrogen-bond donors (Lipinski definition) is 0. The molecule has 0 aliphatic carbocycles. The molecule has 3 aromatic carbocycles. The number of nitriles is 1. The van der Waals surface area contributed by atoms with Gasteiger partial charge in [0.2, 0.25) is 12.0 Å². The van der Waals surface area contributed by atoms with E-state index in [1.54, 1.807) is 19.1 Å². The van der Waals surface area contributed by atoms with E-state index in [1.807, 2.05) is 84.9 Å². The highest BCUT2D eigenvalue weighted by Gasteiger charge is 2.27. The van der Waals surface area contributed by atoms with Gasteiger partial charge in [0.1, 0.15) is 11.6 Å². The molecule has 1 aromatic heterocycles. The van der Waals surface area contributed by atoms with Crippen LogP contribution in [0.25, 0.3) is 22.4 Å². The van der Waals surface area contributed by atoms with Gasteiger partial charge in [-0.3, -0.25) is 0 Å². The van der Waals surface area contributed by atoms with Crippen LogP contribution in [0.15, 0.2) is 97.1 Å². The molecule has 1 unspecified atom stereocenters. The summed E-state index contributed by atoms with van der Waals surface area (Å²) in [5.41, 5.74) is 3.91. The summed E-state index contributed by atoms with van der Waals surface area (Å²) in [4.78, 5) is 17.5. The van der Waals surface area contributed by atoms with Crippen molar-refractivity contribution in [3.8, 4) is 34.3 Å². The number of pyridine rings is 1. The van der Waals surface area contributed by atoms with E-state index < -0.39 is 12.1 Å². The monoisotopic (exact) mass is 434 g/mol. The maximum absolute atomic E-state index is 12.8. The molecule has 1 heterocycles. The van der Waals surface area contributed by atoms with E-state index in [0.717, 1.165) is 11.1 Å². The molecule has 1 atom stereocenters. The van der Waals surface area contributed by atoms with Crippen LogP contribution >= 0.6 is 0 Å². The third-order valence-electron chi connectivity index (χ3n) is 5.08. The van der Waals surface area contributed by atoms with Gasteiger partial charge in [0.25, 0.3) is 0 Å². The smallest absolute Gasteiger partial charge is 0.352 e. The summed E-state index contributed by atoms with van der Waals surface area (Å²) < 4.78 is 11.4. The van der Waals surface area contributed by atoms with Crippen LogP contribution in [0.4, 0.5) is 0 Å². The lowest BCUT2D eigenvalue weighted by molar-refractivity contribution is -0.151. The Morgan fingerprint density at radius 3 is 2.06 bits per heavy atom. The highest BCUT2D eigenvalue weighted by atomic mass is 16.6. The number of nitrogens with zero attached hydrogens (tertiary/aromatic N) is 2. The first kappa shape index (κ1) is 21.8. The third kappa shape index (κ3) is 4.91. The molecule has 0 saturated heterocycles. The topological polar surface area (TPSA) is 72.2 Å². The van der Waals surface area contributed by atoms with Crippen LogP contribution in [0.1, 0.15) is 24.2 Å². The minimum absolute atomic E-state index is 0.0830. The summed E-state index contributed by atoms with van der Waals surface area (Å²) in [5, 5.41) is 10.1. The Kier molecular flexibility index (Phi) is 6.77. The number of rotatable bonds is 7. The van der Waals surface area contributed by atoms with Crippen molar-refractivity contribution >= 4 is 5.97 Å². The van der Waals surface area contributed by atoms with Gasteiger partial charge in [-0.05, 0) is 18.6 Å². The number of aromatic nitrogens is 1. The summed E-state index contributed by atoms with van der Waals surface area (Å²) >= 11 is 0. The molecular formula is C28H22N2O3. The lowest BCUT2D eigenvalue weighted by atomic mass is 9.98. The van der Waals surface area contributed by atoms with Gasteiger partial charge < -0.3 is 9.47 Å². The maximum Gasteiger partial charge on any atom is 0.352 e. The zero-order chi connectivity index (χ0) is 23.0. The maximum atomic E-state index is 12.8. The first-order valence-corrected chi connectivity index (χ1v) is 10.7. The molecule has 0 fully saturated rings. The number of carbonyl (C=O) groups is 1. The second-order valence-corrected chi connectivity index (χ2v) is 7.24. The van der Waals surface area contributed by atoms with Crippen LogP contribution in [-0.4, -0.2) is 17.6 Å².